The number of amides is 1. The molecule has 0 unspecified atom stereocenters. The van der Waals surface area contributed by atoms with Crippen LogP contribution in [0.25, 0.3) is 5.69 Å². The molecule has 8 heteroatoms. The summed E-state index contributed by atoms with van der Waals surface area (Å²) in [7, 11) is 2.80. The first-order valence-electron chi connectivity index (χ1n) is 5.94. The molecule has 1 aromatic carbocycles. The van der Waals surface area contributed by atoms with E-state index >= 15 is 0 Å². The minimum atomic E-state index is -0.957. The van der Waals surface area contributed by atoms with Gasteiger partial charge in [-0.1, -0.05) is 0 Å². The second-order valence-electron chi connectivity index (χ2n) is 4.07. The Morgan fingerprint density at radius 2 is 1.90 bits per heavy atom. The van der Waals surface area contributed by atoms with Gasteiger partial charge in [-0.05, 0) is 24.3 Å². The van der Waals surface area contributed by atoms with Crippen LogP contribution in [0.4, 0.5) is 0 Å². The number of aromatic hydroxyl groups is 1. The lowest BCUT2D eigenvalue weighted by Crippen LogP contribution is -2.35. The first-order valence-corrected chi connectivity index (χ1v) is 5.94. The van der Waals surface area contributed by atoms with E-state index < -0.39 is 28.6 Å². The molecule has 0 radical (unpaired) electrons. The molecule has 3 N–H and O–H groups in total. The van der Waals surface area contributed by atoms with Crippen molar-refractivity contribution in [3.05, 3.63) is 50.7 Å². The van der Waals surface area contributed by atoms with Gasteiger partial charge in [0.25, 0.3) is 11.5 Å². The summed E-state index contributed by atoms with van der Waals surface area (Å²) >= 11 is 0. The molecule has 1 amide bonds. The molecule has 0 saturated heterocycles. The van der Waals surface area contributed by atoms with Gasteiger partial charge in [0.15, 0.2) is 5.56 Å². The summed E-state index contributed by atoms with van der Waals surface area (Å²) in [6.07, 6.45) is 0. The average molecular weight is 291 g/mol. The highest BCUT2D eigenvalue weighted by molar-refractivity contribution is 5.95. The Bertz CT molecular complexity index is 789. The molecule has 21 heavy (non-hydrogen) atoms. The van der Waals surface area contributed by atoms with E-state index in [1.54, 1.807) is 12.1 Å². The quantitative estimate of drug-likeness (QED) is 0.712. The maximum atomic E-state index is 11.9. The van der Waals surface area contributed by atoms with Crippen LogP contribution in [0.1, 0.15) is 10.4 Å². The number of benzene rings is 1. The normalized spacial score (nSPS) is 10.2. The minimum Gasteiger partial charge on any atom is -0.497 e. The molecule has 0 bridgehead atoms. The standard InChI is InChI=1S/C13H13N3O5/c1-14-10(17)9-11(18)15-13(20)16(12(9)19)7-3-5-8(21-2)6-4-7/h3-6,19H,1-2H3,(H,14,17)(H,15,18,20). The molecular formula is C13H13N3O5. The summed E-state index contributed by atoms with van der Waals surface area (Å²) in [5.41, 5.74) is -2.07. The van der Waals surface area contributed by atoms with Gasteiger partial charge >= 0.3 is 5.69 Å². The van der Waals surface area contributed by atoms with Crippen molar-refractivity contribution in [3.8, 4) is 17.3 Å². The van der Waals surface area contributed by atoms with Gasteiger partial charge in [-0.2, -0.15) is 0 Å². The lowest BCUT2D eigenvalue weighted by Gasteiger charge is -2.11. The smallest absolute Gasteiger partial charge is 0.335 e. The Kier molecular flexibility index (Phi) is 3.79. The van der Waals surface area contributed by atoms with Gasteiger partial charge in [0.05, 0.1) is 12.8 Å². The lowest BCUT2D eigenvalue weighted by molar-refractivity contribution is 0.0957. The fourth-order valence-corrected chi connectivity index (χ4v) is 1.83. The molecule has 2 rings (SSSR count). The van der Waals surface area contributed by atoms with E-state index in [1.165, 1.54) is 26.3 Å². The van der Waals surface area contributed by atoms with E-state index in [0.717, 1.165) is 4.57 Å². The number of H-pyrrole nitrogens is 1. The monoisotopic (exact) mass is 291 g/mol. The second-order valence-corrected chi connectivity index (χ2v) is 4.07. The largest absolute Gasteiger partial charge is 0.497 e. The maximum Gasteiger partial charge on any atom is 0.335 e. The summed E-state index contributed by atoms with van der Waals surface area (Å²) in [5, 5.41) is 12.3. The van der Waals surface area contributed by atoms with Gasteiger partial charge in [0.1, 0.15) is 5.75 Å². The molecule has 2 aromatic rings. The van der Waals surface area contributed by atoms with Crippen LogP contribution in [-0.4, -0.2) is 34.7 Å². The van der Waals surface area contributed by atoms with Crippen molar-refractivity contribution >= 4 is 5.91 Å². The van der Waals surface area contributed by atoms with Crippen molar-refractivity contribution in [2.24, 2.45) is 0 Å². The van der Waals surface area contributed by atoms with Crippen LogP contribution in [0.2, 0.25) is 0 Å². The highest BCUT2D eigenvalue weighted by atomic mass is 16.5. The van der Waals surface area contributed by atoms with E-state index in [4.69, 9.17) is 4.74 Å². The number of aromatic nitrogens is 2. The molecule has 0 atom stereocenters. The van der Waals surface area contributed by atoms with Crippen molar-refractivity contribution in [1.29, 1.82) is 0 Å². The number of carbonyl (C=O) groups excluding carboxylic acids is 1. The molecule has 0 spiro atoms. The summed E-state index contributed by atoms with van der Waals surface area (Å²) in [6.45, 7) is 0. The Morgan fingerprint density at radius 1 is 1.29 bits per heavy atom. The number of aromatic amines is 1. The van der Waals surface area contributed by atoms with Crippen molar-refractivity contribution in [1.82, 2.24) is 14.9 Å². The molecule has 0 aliphatic heterocycles. The zero-order valence-corrected chi connectivity index (χ0v) is 11.3. The van der Waals surface area contributed by atoms with E-state index in [2.05, 4.69) is 5.32 Å². The summed E-state index contributed by atoms with van der Waals surface area (Å²) in [6, 6.07) is 6.16. The van der Waals surface area contributed by atoms with Crippen LogP contribution in [0.5, 0.6) is 11.6 Å². The Hall–Kier alpha value is -3.03. The zero-order valence-electron chi connectivity index (χ0n) is 11.3. The third-order valence-corrected chi connectivity index (χ3v) is 2.87. The molecule has 0 aliphatic carbocycles. The van der Waals surface area contributed by atoms with E-state index in [-0.39, 0.29) is 5.69 Å². The van der Waals surface area contributed by atoms with Crippen molar-refractivity contribution in [2.75, 3.05) is 14.2 Å². The fraction of sp³-hybridized carbons (Fsp3) is 0.154. The molecule has 1 heterocycles. The number of ether oxygens (including phenoxy) is 1. The average Bonchev–Trinajstić information content (AvgIpc) is 2.47. The van der Waals surface area contributed by atoms with Crippen molar-refractivity contribution in [2.45, 2.75) is 0 Å². The first kappa shape index (κ1) is 14.4. The molecule has 110 valence electrons. The van der Waals surface area contributed by atoms with E-state index in [0.29, 0.717) is 5.75 Å². The number of nitrogens with zero attached hydrogens (tertiary/aromatic N) is 1. The predicted molar refractivity (Wildman–Crippen MR) is 74.3 cm³/mol. The van der Waals surface area contributed by atoms with Crippen LogP contribution in [-0.2, 0) is 0 Å². The van der Waals surface area contributed by atoms with E-state index in [1.807, 2.05) is 4.98 Å². The van der Waals surface area contributed by atoms with E-state index in [9.17, 15) is 19.5 Å². The van der Waals surface area contributed by atoms with Crippen molar-refractivity contribution < 1.29 is 14.6 Å². The highest BCUT2D eigenvalue weighted by Gasteiger charge is 2.20. The molecule has 1 aromatic heterocycles. The van der Waals surface area contributed by atoms with Gasteiger partial charge in [-0.25, -0.2) is 9.36 Å². The zero-order chi connectivity index (χ0) is 15.6. The number of nitrogens with one attached hydrogen (secondary N) is 2. The van der Waals surface area contributed by atoms with Gasteiger partial charge in [-0.3, -0.25) is 14.6 Å². The van der Waals surface area contributed by atoms with Crippen LogP contribution in [0.3, 0.4) is 0 Å². The number of methoxy groups -OCH3 is 1. The second kappa shape index (κ2) is 5.53. The van der Waals surface area contributed by atoms with Gasteiger partial charge in [-0.15, -0.1) is 0 Å². The molecule has 0 fully saturated rings. The summed E-state index contributed by atoms with van der Waals surface area (Å²) < 4.78 is 5.82. The predicted octanol–water partition coefficient (Wildman–Crippen LogP) is -0.400. The highest BCUT2D eigenvalue weighted by Crippen LogP contribution is 2.19. The van der Waals surface area contributed by atoms with Crippen LogP contribution in [0.15, 0.2) is 33.9 Å². The SMILES string of the molecule is CNC(=O)c1c(O)n(-c2ccc(OC)cc2)c(=O)[nH]c1=O. The van der Waals surface area contributed by atoms with Gasteiger partial charge in [0, 0.05) is 7.05 Å². The maximum absolute atomic E-state index is 11.9. The van der Waals surface area contributed by atoms with Gasteiger partial charge < -0.3 is 15.2 Å². The topological polar surface area (TPSA) is 113 Å². The first-order chi connectivity index (χ1) is 9.99. The van der Waals surface area contributed by atoms with Crippen LogP contribution in [0, 0.1) is 0 Å². The molecule has 8 nitrogen and oxygen atoms in total. The van der Waals surface area contributed by atoms with Crippen LogP contribution < -0.4 is 21.3 Å². The third-order valence-electron chi connectivity index (χ3n) is 2.87. The number of hydrogen-bond acceptors (Lipinski definition) is 5. The van der Waals surface area contributed by atoms with Gasteiger partial charge in [0.2, 0.25) is 5.88 Å². The Labute approximate surface area is 118 Å². The number of rotatable bonds is 3. The molecular weight excluding hydrogens is 278 g/mol. The Balaban J connectivity index is 2.71. The lowest BCUT2D eigenvalue weighted by atomic mass is 10.2. The number of carbonyl (C=O) groups is 1. The molecule has 0 aliphatic rings. The summed E-state index contributed by atoms with van der Waals surface area (Å²) in [5.74, 6) is -0.966. The minimum absolute atomic E-state index is 0.278. The fourth-order valence-electron chi connectivity index (χ4n) is 1.83. The van der Waals surface area contributed by atoms with Crippen molar-refractivity contribution in [3.63, 3.8) is 0 Å². The Morgan fingerprint density at radius 3 is 2.43 bits per heavy atom. The summed E-state index contributed by atoms with van der Waals surface area (Å²) in [4.78, 5) is 37.1. The van der Waals surface area contributed by atoms with Crippen LogP contribution >= 0.6 is 0 Å². The number of hydrogen-bond donors (Lipinski definition) is 3. The molecule has 0 saturated carbocycles. The third kappa shape index (κ3) is 2.50.